The van der Waals surface area contributed by atoms with E-state index < -0.39 is 17.2 Å². The fourth-order valence-electron chi connectivity index (χ4n) is 9.70. The van der Waals surface area contributed by atoms with Crippen molar-refractivity contribution in [3.05, 3.63) is 207 Å². The molecule has 6 N–H and O–H groups in total. The summed E-state index contributed by atoms with van der Waals surface area (Å²) in [4.78, 5) is 87.0. The molecule has 25 heteroatoms. The first-order valence-corrected chi connectivity index (χ1v) is 32.3. The van der Waals surface area contributed by atoms with Crippen molar-refractivity contribution >= 4 is 106 Å². The fraction of sp³-hybridized carbons (Fsp3) is 0.386. The summed E-state index contributed by atoms with van der Waals surface area (Å²) in [6, 6.07) is 30.1. The van der Waals surface area contributed by atoms with Crippen LogP contribution in [0.4, 0.5) is 25.4 Å². The number of anilines is 2. The maximum Gasteiger partial charge on any atom is 0.410 e. The van der Waals surface area contributed by atoms with Gasteiger partial charge in [-0.15, -0.1) is 12.4 Å². The molecule has 0 spiro atoms. The minimum absolute atomic E-state index is 0. The molecule has 7 heterocycles. The molecule has 4 aliphatic heterocycles. The molecule has 6 aromatic rings. The smallest absolute Gasteiger partial charge is 0.410 e. The molecule has 3 aromatic heterocycles. The molecule has 0 aliphatic carbocycles. The largest absolute Gasteiger partial charge is 0.478 e. The third kappa shape index (κ3) is 31.2. The number of nitrogens with two attached hydrogens (primary N) is 1. The van der Waals surface area contributed by atoms with Gasteiger partial charge in [-0.05, 0) is 239 Å². The number of hydrogen-bond acceptors (Lipinski definition) is 13. The Hall–Kier alpha value is -7.69. The lowest BCUT2D eigenvalue weighted by Gasteiger charge is -2.24. The van der Waals surface area contributed by atoms with Crippen LogP contribution < -0.4 is 21.7 Å². The van der Waals surface area contributed by atoms with Crippen molar-refractivity contribution in [1.82, 2.24) is 35.0 Å². The molecular formula is C70H86Cl5FN10O9. The Morgan fingerprint density at radius 2 is 0.958 bits per heavy atom. The Bertz CT molecular complexity index is 3370. The van der Waals surface area contributed by atoms with Crippen LogP contribution in [0.1, 0.15) is 105 Å². The second-order valence-corrected chi connectivity index (χ2v) is 26.4. The van der Waals surface area contributed by atoms with Crippen LogP contribution in [-0.2, 0) is 38.3 Å². The van der Waals surface area contributed by atoms with Gasteiger partial charge in [0.2, 0.25) is 11.8 Å². The average molecular weight is 1410 g/mol. The molecule has 4 aliphatic rings. The fourth-order valence-corrected chi connectivity index (χ4v) is 10.2. The summed E-state index contributed by atoms with van der Waals surface area (Å²) in [5.41, 5.74) is 9.97. The van der Waals surface area contributed by atoms with Gasteiger partial charge in [0.1, 0.15) is 17.0 Å². The number of aromatic carboxylic acids is 1. The lowest BCUT2D eigenvalue weighted by atomic mass is 10.0. The normalized spacial score (nSPS) is 16.9. The molecule has 4 saturated heterocycles. The number of benzene rings is 3. The van der Waals surface area contributed by atoms with Gasteiger partial charge in [-0.3, -0.25) is 29.3 Å². The summed E-state index contributed by atoms with van der Waals surface area (Å²) in [5, 5.41) is 19.7. The van der Waals surface area contributed by atoms with Crippen molar-refractivity contribution in [1.29, 1.82) is 0 Å². The van der Waals surface area contributed by atoms with Crippen molar-refractivity contribution in [2.75, 3.05) is 63.0 Å². The maximum absolute atomic E-state index is 12.7. The number of nitrogens with zero attached hydrogens (tertiary/aromatic N) is 6. The van der Waals surface area contributed by atoms with E-state index in [1.54, 1.807) is 52.7 Å². The number of carboxylic acids is 1. The van der Waals surface area contributed by atoms with Crippen LogP contribution in [0.15, 0.2) is 153 Å². The highest BCUT2D eigenvalue weighted by Gasteiger charge is 2.31. The predicted molar refractivity (Wildman–Crippen MR) is 376 cm³/mol. The number of rotatable bonds is 12. The van der Waals surface area contributed by atoms with Gasteiger partial charge in [0.15, 0.2) is 0 Å². The summed E-state index contributed by atoms with van der Waals surface area (Å²) in [5.74, 6) is -0.238. The highest BCUT2D eigenvalue weighted by Crippen LogP contribution is 2.26. The first kappa shape index (κ1) is 79.7. The van der Waals surface area contributed by atoms with Crippen molar-refractivity contribution in [3.63, 3.8) is 0 Å². The van der Waals surface area contributed by atoms with E-state index in [9.17, 15) is 33.2 Å². The Morgan fingerprint density at radius 1 is 0.568 bits per heavy atom. The number of carbonyl (C=O) groups excluding carboxylic acids is 5. The lowest BCUT2D eigenvalue weighted by Crippen LogP contribution is -2.36. The van der Waals surface area contributed by atoms with E-state index in [1.807, 2.05) is 82.8 Å². The monoisotopic (exact) mass is 1400 g/mol. The zero-order valence-electron chi connectivity index (χ0n) is 54.4. The quantitative estimate of drug-likeness (QED) is 0.0715. The highest BCUT2D eigenvalue weighted by molar-refractivity contribution is 6.31. The molecule has 0 radical (unpaired) electrons. The molecule has 4 fully saturated rings. The van der Waals surface area contributed by atoms with E-state index >= 15 is 0 Å². The van der Waals surface area contributed by atoms with Gasteiger partial charge in [0, 0.05) is 103 Å². The van der Waals surface area contributed by atoms with E-state index in [0.29, 0.717) is 55.4 Å². The number of aromatic nitrogens is 3. The highest BCUT2D eigenvalue weighted by atomic mass is 35.5. The van der Waals surface area contributed by atoms with Crippen LogP contribution >= 0.6 is 58.8 Å². The molecule has 3 aromatic carbocycles. The molecule has 0 unspecified atom stereocenters. The average Bonchev–Trinajstić information content (AvgIpc) is 1.80. The van der Waals surface area contributed by atoms with Gasteiger partial charge in [-0.2, -0.15) is 0 Å². The summed E-state index contributed by atoms with van der Waals surface area (Å²) in [6.45, 7) is 24.5. The second kappa shape index (κ2) is 40.0. The van der Waals surface area contributed by atoms with Crippen LogP contribution in [0, 0.1) is 23.6 Å². The molecule has 0 bridgehead atoms. The number of nitrogens with one attached hydrogen (secondary N) is 3. The number of halogens is 6. The third-order valence-electron chi connectivity index (χ3n) is 14.4. The number of pyridine rings is 3. The summed E-state index contributed by atoms with van der Waals surface area (Å²) < 4.78 is 22.6. The Labute approximate surface area is 582 Å². The number of hydrogen-bond donors (Lipinski definition) is 5. The minimum atomic E-state index is -0.994. The van der Waals surface area contributed by atoms with E-state index in [-0.39, 0.29) is 59.7 Å². The minimum Gasteiger partial charge on any atom is -0.478 e. The van der Waals surface area contributed by atoms with Gasteiger partial charge in [0.25, 0.3) is 5.91 Å². The van der Waals surface area contributed by atoms with E-state index in [1.165, 1.54) is 61.0 Å². The number of likely N-dealkylation sites (tertiary alicyclic amines) is 3. The predicted octanol–water partition coefficient (Wildman–Crippen LogP) is 14.4. The first-order valence-electron chi connectivity index (χ1n) is 30.8. The van der Waals surface area contributed by atoms with Gasteiger partial charge >= 0.3 is 18.2 Å². The van der Waals surface area contributed by atoms with Crippen molar-refractivity contribution in [3.8, 4) is 0 Å². The number of carboxylic acid groups (broad SMARTS) is 1. The number of amides is 5. The van der Waals surface area contributed by atoms with E-state index in [0.717, 1.165) is 113 Å². The van der Waals surface area contributed by atoms with Crippen molar-refractivity contribution in [2.24, 2.45) is 23.5 Å². The zero-order chi connectivity index (χ0) is 69.0. The van der Waals surface area contributed by atoms with Crippen LogP contribution in [0.2, 0.25) is 20.1 Å². The zero-order valence-corrected chi connectivity index (χ0v) is 58.2. The van der Waals surface area contributed by atoms with E-state index in [2.05, 4.69) is 44.1 Å². The number of carbonyl (C=O) groups is 6. The maximum atomic E-state index is 12.7. The molecule has 0 saturated carbocycles. The summed E-state index contributed by atoms with van der Waals surface area (Å²) in [7, 11) is 0. The molecule has 5 amide bonds. The molecule has 4 atom stereocenters. The van der Waals surface area contributed by atoms with Gasteiger partial charge in [0.05, 0.1) is 20.6 Å². The van der Waals surface area contributed by atoms with Gasteiger partial charge in [-0.1, -0.05) is 59.6 Å². The van der Waals surface area contributed by atoms with Gasteiger partial charge in [-0.25, -0.2) is 18.8 Å². The van der Waals surface area contributed by atoms with Gasteiger partial charge < -0.3 is 51.0 Å². The van der Waals surface area contributed by atoms with Crippen LogP contribution in [-0.4, -0.2) is 140 Å². The second-order valence-electron chi connectivity index (χ2n) is 24.6. The summed E-state index contributed by atoms with van der Waals surface area (Å²) in [6.07, 6.45) is 13.8. The van der Waals surface area contributed by atoms with Crippen molar-refractivity contribution < 1.29 is 47.7 Å². The Kier molecular flexibility index (Phi) is 33.6. The third-order valence-corrected chi connectivity index (χ3v) is 15.3. The number of ether oxygens (including phenoxy) is 2. The van der Waals surface area contributed by atoms with Crippen LogP contribution in [0.25, 0.3) is 0 Å². The molecule has 95 heavy (non-hydrogen) atoms. The Balaban J connectivity index is 0.000000251. The van der Waals surface area contributed by atoms with Crippen LogP contribution in [0.5, 0.6) is 0 Å². The van der Waals surface area contributed by atoms with Crippen molar-refractivity contribution in [2.45, 2.75) is 104 Å². The Morgan fingerprint density at radius 3 is 1.32 bits per heavy atom. The topological polar surface area (TPSA) is 252 Å². The molecule has 10 rings (SSSR count). The molecule has 512 valence electrons. The van der Waals surface area contributed by atoms with E-state index in [4.69, 9.17) is 66.7 Å². The SMILES string of the molecule is C=CC(=O)Nc1ccc(C(=O)N2CC[C@@H](Cc3ccc(Cl)cn3)C2)cc1.C=CC(=O)Nc1ccc(C(=O)O)cc1.CC(C)(C)OC(=O)N1CC[C@@H](Cc2ccc(Cl)cn2)C1.CC(C)(C)OC(=O)N1CC[C@@H](N)C1.Cl.Clc1ccc(C[C@@H]2CCNC2)nc1.Fc1ccc(Cl)cc1. The molecular weight excluding hydrogens is 1320 g/mol. The lowest BCUT2D eigenvalue weighted by molar-refractivity contribution is -0.112. The molecule has 19 nitrogen and oxygen atoms in total. The van der Waals surface area contributed by atoms with Crippen LogP contribution in [0.3, 0.4) is 0 Å². The standard InChI is InChI=1S/C20H20ClN3O2.C15H21ClN2O2.C10H13ClN2.C10H9NO3.C9H18N2O2.C6H4ClF.ClH/c1-2-19(25)23-17-6-3-15(4-7-17)20(26)24-10-9-14(13-24)11-18-8-5-16(21)12-22-18;1-15(2,3)20-14(19)18-7-6-11(10-18)8-13-5-4-12(16)9-17-13;11-9-1-2-10(13-7-9)5-8-3-4-12-6-8;1-2-9(12)11-8-5-3-7(4-6-8)10(13)14;1-9(2,3)13-8(12)11-5-4-7(10)6-11;7-5-1-3-6(8)4-2-5;/h2-8,12,14H,1,9-11,13H2,(H,23,25);4-5,9,11H,6-8,10H2,1-3H3;1-2,7-8,12H,3-6H2;2-6H,1H2,(H,11,12)(H,13,14);7H,4-6,10H2,1-3H3;1-4H;1H/t14-;11-;8-;;7-;;/m000.1../s1. The first-order chi connectivity index (χ1) is 44.5. The summed E-state index contributed by atoms with van der Waals surface area (Å²) >= 11 is 22.9.